The molecule has 0 atom stereocenters. The number of nitrogens with one attached hydrogen (secondary N) is 2. The summed E-state index contributed by atoms with van der Waals surface area (Å²) in [6, 6.07) is 18.6. The predicted molar refractivity (Wildman–Crippen MR) is 74.4 cm³/mol. The second kappa shape index (κ2) is 6.20. The SMILES string of the molecule is NC(=O)NNN=C(c1ccccc1)c1ccccc1. The summed E-state index contributed by atoms with van der Waals surface area (Å²) in [4.78, 5) is 10.6. The normalized spacial score (nSPS) is 9.47. The molecular weight excluding hydrogens is 240 g/mol. The zero-order chi connectivity index (χ0) is 13.5. The fourth-order valence-electron chi connectivity index (χ4n) is 1.63. The highest BCUT2D eigenvalue weighted by Gasteiger charge is 2.05. The second-order valence-corrected chi connectivity index (χ2v) is 3.79. The van der Waals surface area contributed by atoms with Crippen LogP contribution in [0.5, 0.6) is 0 Å². The molecule has 5 nitrogen and oxygen atoms in total. The lowest BCUT2D eigenvalue weighted by Crippen LogP contribution is -2.38. The van der Waals surface area contributed by atoms with Crippen LogP contribution in [0.4, 0.5) is 4.79 Å². The Hall–Kier alpha value is -2.82. The highest BCUT2D eigenvalue weighted by Crippen LogP contribution is 2.09. The molecule has 2 aromatic rings. The molecule has 0 aliphatic carbocycles. The standard InChI is InChI=1S/C14H14N4O/c15-14(19)17-18-16-13(11-7-3-1-4-8-11)12-9-5-2-6-10-12/h1-10,18H,(H3,15,17,19). The molecule has 96 valence electrons. The Labute approximate surface area is 111 Å². The van der Waals surface area contributed by atoms with Crippen molar-refractivity contribution in [3.63, 3.8) is 0 Å². The van der Waals surface area contributed by atoms with Crippen LogP contribution in [0.2, 0.25) is 0 Å². The zero-order valence-electron chi connectivity index (χ0n) is 10.2. The molecule has 0 bridgehead atoms. The number of hydrogen-bond donors (Lipinski definition) is 3. The van der Waals surface area contributed by atoms with Crippen molar-refractivity contribution in [2.45, 2.75) is 0 Å². The van der Waals surface area contributed by atoms with Gasteiger partial charge in [-0.15, -0.1) is 0 Å². The Balaban J connectivity index is 2.31. The van der Waals surface area contributed by atoms with Crippen LogP contribution in [-0.4, -0.2) is 11.7 Å². The Bertz CT molecular complexity index is 525. The monoisotopic (exact) mass is 254 g/mol. The highest BCUT2D eigenvalue weighted by atomic mass is 16.2. The molecule has 2 rings (SSSR count). The van der Waals surface area contributed by atoms with E-state index < -0.39 is 6.03 Å². The van der Waals surface area contributed by atoms with Crippen molar-refractivity contribution in [3.8, 4) is 0 Å². The Kier molecular flexibility index (Phi) is 4.12. The largest absolute Gasteiger partial charge is 0.350 e. The van der Waals surface area contributed by atoms with Gasteiger partial charge in [-0.05, 0) is 0 Å². The number of carbonyl (C=O) groups excluding carboxylic acids is 1. The number of hydrogen-bond acceptors (Lipinski definition) is 3. The van der Waals surface area contributed by atoms with Crippen LogP contribution in [0, 0.1) is 0 Å². The lowest BCUT2D eigenvalue weighted by Gasteiger charge is -2.08. The van der Waals surface area contributed by atoms with Gasteiger partial charge in [0.05, 0.1) is 5.71 Å². The van der Waals surface area contributed by atoms with Crippen molar-refractivity contribution in [2.24, 2.45) is 10.8 Å². The lowest BCUT2D eigenvalue weighted by atomic mass is 10.0. The minimum Gasteiger partial charge on any atom is -0.350 e. The maximum absolute atomic E-state index is 10.6. The third kappa shape index (κ3) is 3.57. The zero-order valence-corrected chi connectivity index (χ0v) is 10.2. The van der Waals surface area contributed by atoms with Crippen LogP contribution in [-0.2, 0) is 0 Å². The third-order valence-corrected chi connectivity index (χ3v) is 2.44. The molecular formula is C14H14N4O. The van der Waals surface area contributed by atoms with Crippen LogP contribution >= 0.6 is 0 Å². The van der Waals surface area contributed by atoms with E-state index in [0.29, 0.717) is 0 Å². The van der Waals surface area contributed by atoms with E-state index in [2.05, 4.69) is 16.1 Å². The number of hydrazone groups is 1. The average Bonchev–Trinajstić information content (AvgIpc) is 2.45. The number of benzene rings is 2. The van der Waals surface area contributed by atoms with Gasteiger partial charge in [-0.2, -0.15) is 5.10 Å². The smallest absolute Gasteiger partial charge is 0.332 e. The molecule has 0 aliphatic rings. The molecule has 0 radical (unpaired) electrons. The maximum Gasteiger partial charge on any atom is 0.332 e. The lowest BCUT2D eigenvalue weighted by molar-refractivity contribution is 0.245. The van der Waals surface area contributed by atoms with Gasteiger partial charge in [-0.1, -0.05) is 60.7 Å². The third-order valence-electron chi connectivity index (χ3n) is 2.44. The first-order valence-electron chi connectivity index (χ1n) is 5.76. The van der Waals surface area contributed by atoms with Crippen molar-refractivity contribution < 1.29 is 4.79 Å². The summed E-state index contributed by atoms with van der Waals surface area (Å²) in [6.45, 7) is 0. The van der Waals surface area contributed by atoms with Gasteiger partial charge >= 0.3 is 6.03 Å². The highest BCUT2D eigenvalue weighted by molar-refractivity contribution is 6.12. The van der Waals surface area contributed by atoms with Gasteiger partial charge in [-0.25, -0.2) is 15.8 Å². The van der Waals surface area contributed by atoms with Crippen LogP contribution < -0.4 is 16.7 Å². The van der Waals surface area contributed by atoms with Crippen molar-refractivity contribution >= 4 is 11.7 Å². The molecule has 0 aliphatic heterocycles. The van der Waals surface area contributed by atoms with Gasteiger partial charge in [0.15, 0.2) is 0 Å². The summed E-state index contributed by atoms with van der Waals surface area (Å²) in [5.74, 6) is 0. The van der Waals surface area contributed by atoms with Gasteiger partial charge in [0.1, 0.15) is 0 Å². The Morgan fingerprint density at radius 3 is 1.79 bits per heavy atom. The molecule has 0 unspecified atom stereocenters. The summed E-state index contributed by atoms with van der Waals surface area (Å²) < 4.78 is 0. The number of nitrogens with zero attached hydrogens (tertiary/aromatic N) is 1. The first-order chi connectivity index (χ1) is 9.27. The average molecular weight is 254 g/mol. The molecule has 19 heavy (non-hydrogen) atoms. The van der Waals surface area contributed by atoms with Gasteiger partial charge in [0.2, 0.25) is 0 Å². The van der Waals surface area contributed by atoms with Crippen LogP contribution in [0.3, 0.4) is 0 Å². The molecule has 2 aromatic carbocycles. The van der Waals surface area contributed by atoms with E-state index in [1.165, 1.54) is 0 Å². The molecule has 0 saturated heterocycles. The Morgan fingerprint density at radius 2 is 1.37 bits per heavy atom. The van der Waals surface area contributed by atoms with E-state index in [9.17, 15) is 4.79 Å². The minimum atomic E-state index is -0.691. The number of carbonyl (C=O) groups is 1. The number of primary amides is 1. The summed E-state index contributed by atoms with van der Waals surface area (Å²) in [7, 11) is 0. The second-order valence-electron chi connectivity index (χ2n) is 3.79. The van der Waals surface area contributed by atoms with Crippen LogP contribution in [0.15, 0.2) is 65.8 Å². The summed E-state index contributed by atoms with van der Waals surface area (Å²) >= 11 is 0. The molecule has 0 spiro atoms. The van der Waals surface area contributed by atoms with Crippen molar-refractivity contribution in [1.29, 1.82) is 0 Å². The molecule has 2 amide bonds. The van der Waals surface area contributed by atoms with E-state index in [0.717, 1.165) is 16.8 Å². The van der Waals surface area contributed by atoms with Gasteiger partial charge in [0.25, 0.3) is 0 Å². The van der Waals surface area contributed by atoms with Crippen molar-refractivity contribution in [3.05, 3.63) is 71.8 Å². The molecule has 5 heteroatoms. The molecule has 4 N–H and O–H groups in total. The molecule has 0 saturated carbocycles. The van der Waals surface area contributed by atoms with E-state index >= 15 is 0 Å². The first kappa shape index (κ1) is 12.6. The van der Waals surface area contributed by atoms with E-state index in [-0.39, 0.29) is 0 Å². The van der Waals surface area contributed by atoms with Gasteiger partial charge in [-0.3, -0.25) is 0 Å². The number of urea groups is 1. The van der Waals surface area contributed by atoms with E-state index in [1.54, 1.807) is 0 Å². The Morgan fingerprint density at radius 1 is 0.895 bits per heavy atom. The van der Waals surface area contributed by atoms with E-state index in [1.807, 2.05) is 60.7 Å². The number of nitrogens with two attached hydrogens (primary N) is 1. The van der Waals surface area contributed by atoms with Crippen molar-refractivity contribution in [2.75, 3.05) is 0 Å². The van der Waals surface area contributed by atoms with Crippen molar-refractivity contribution in [1.82, 2.24) is 11.0 Å². The van der Waals surface area contributed by atoms with Crippen LogP contribution in [0.1, 0.15) is 11.1 Å². The summed E-state index contributed by atoms with van der Waals surface area (Å²) in [6.07, 6.45) is 0. The summed E-state index contributed by atoms with van der Waals surface area (Å²) in [5, 5.41) is 4.16. The van der Waals surface area contributed by atoms with E-state index in [4.69, 9.17) is 5.73 Å². The maximum atomic E-state index is 10.6. The number of hydrazine groups is 1. The van der Waals surface area contributed by atoms with Crippen LogP contribution in [0.25, 0.3) is 0 Å². The summed E-state index contributed by atoms with van der Waals surface area (Å²) in [5.41, 5.74) is 12.2. The topological polar surface area (TPSA) is 79.5 Å². The molecule has 0 aromatic heterocycles. The number of rotatable bonds is 4. The number of amides is 2. The quantitative estimate of drug-likeness (QED) is 0.572. The van der Waals surface area contributed by atoms with Gasteiger partial charge in [0, 0.05) is 11.1 Å². The fraction of sp³-hybridized carbons (Fsp3) is 0. The fourth-order valence-corrected chi connectivity index (χ4v) is 1.63. The molecule has 0 heterocycles. The first-order valence-corrected chi connectivity index (χ1v) is 5.76. The minimum absolute atomic E-state index is 0.691. The predicted octanol–water partition coefficient (Wildman–Crippen LogP) is 1.61. The van der Waals surface area contributed by atoms with Gasteiger partial charge < -0.3 is 5.73 Å². The molecule has 0 fully saturated rings.